The first-order valence-corrected chi connectivity index (χ1v) is 10.7. The molecule has 2 heterocycles. The number of β-amino-alcohol motifs (C(OH)–C–C–N with tert-alkyl or cyclic N) is 1. The Morgan fingerprint density at radius 3 is 2.72 bits per heavy atom. The van der Waals surface area contributed by atoms with Crippen LogP contribution >= 0.6 is 11.6 Å². The molecule has 1 unspecified atom stereocenters. The summed E-state index contributed by atoms with van der Waals surface area (Å²) in [6.45, 7) is 1.30. The average molecular weight is 409 g/mol. The van der Waals surface area contributed by atoms with Gasteiger partial charge in [0.1, 0.15) is 0 Å². The zero-order chi connectivity index (χ0) is 19.8. The third kappa shape index (κ3) is 3.37. The Morgan fingerprint density at radius 2 is 1.90 bits per heavy atom. The summed E-state index contributed by atoms with van der Waals surface area (Å²) in [5.74, 6) is 0. The molecule has 1 aliphatic carbocycles. The zero-order valence-electron chi connectivity index (χ0n) is 16.3. The third-order valence-electron chi connectivity index (χ3n) is 6.47. The lowest BCUT2D eigenvalue weighted by atomic mass is 9.70. The Bertz CT molecular complexity index is 1010. The van der Waals surface area contributed by atoms with Gasteiger partial charge in [-0.3, -0.25) is 4.90 Å². The molecule has 1 spiro atoms. The lowest BCUT2D eigenvalue weighted by Crippen LogP contribution is -2.52. The Kier molecular flexibility index (Phi) is 4.90. The van der Waals surface area contributed by atoms with Crippen LogP contribution < -0.4 is 0 Å². The molecule has 1 N–H and O–H groups in total. The number of hydrogen-bond donors (Lipinski definition) is 1. The number of benzene rings is 2. The predicted octanol–water partition coefficient (Wildman–Crippen LogP) is 4.63. The summed E-state index contributed by atoms with van der Waals surface area (Å²) in [4.78, 5) is 2.44. The molecule has 1 aliphatic heterocycles. The number of aliphatic hydroxyl groups is 1. The number of halogens is 1. The monoisotopic (exact) mass is 408 g/mol. The second-order valence-corrected chi connectivity index (χ2v) is 8.65. The second kappa shape index (κ2) is 7.56. The predicted molar refractivity (Wildman–Crippen MR) is 113 cm³/mol. The average Bonchev–Trinajstić information content (AvgIpc) is 3.22. The molecule has 2 aromatic carbocycles. The van der Waals surface area contributed by atoms with Crippen LogP contribution in [0.3, 0.4) is 0 Å². The largest absolute Gasteiger partial charge is 0.387 e. The number of aliphatic hydroxyl groups excluding tert-OH is 1. The summed E-state index contributed by atoms with van der Waals surface area (Å²) in [6, 6.07) is 16.0. The van der Waals surface area contributed by atoms with Crippen LogP contribution in [0.2, 0.25) is 5.02 Å². The molecule has 1 aromatic heterocycles. The topological polar surface area (TPSA) is 54.2 Å². The van der Waals surface area contributed by atoms with E-state index in [1.54, 1.807) is 4.68 Å². The van der Waals surface area contributed by atoms with Crippen LogP contribution in [0.4, 0.5) is 0 Å². The van der Waals surface area contributed by atoms with E-state index in [4.69, 9.17) is 11.6 Å². The first-order chi connectivity index (χ1) is 14.2. The maximum atomic E-state index is 10.8. The van der Waals surface area contributed by atoms with Crippen molar-refractivity contribution in [3.63, 3.8) is 0 Å². The van der Waals surface area contributed by atoms with Crippen LogP contribution in [0.25, 0.3) is 5.69 Å². The van der Waals surface area contributed by atoms with Gasteiger partial charge in [0.05, 0.1) is 23.7 Å². The van der Waals surface area contributed by atoms with Crippen LogP contribution in [-0.4, -0.2) is 31.5 Å². The fourth-order valence-electron chi connectivity index (χ4n) is 5.11. The molecule has 1 saturated carbocycles. The summed E-state index contributed by atoms with van der Waals surface area (Å²) in [7, 11) is 0. The van der Waals surface area contributed by atoms with E-state index in [2.05, 4.69) is 33.4 Å². The van der Waals surface area contributed by atoms with Gasteiger partial charge in [0, 0.05) is 23.7 Å². The lowest BCUT2D eigenvalue weighted by molar-refractivity contribution is -0.0215. The molecule has 1 atom stereocenters. The maximum Gasteiger partial charge on any atom is 0.0972 e. The molecular formula is C23H25ClN4O. The van der Waals surface area contributed by atoms with Crippen LogP contribution in [0.15, 0.2) is 54.7 Å². The van der Waals surface area contributed by atoms with Crippen LogP contribution in [0.5, 0.6) is 0 Å². The highest BCUT2D eigenvalue weighted by atomic mass is 35.5. The quantitative estimate of drug-likeness (QED) is 0.686. The van der Waals surface area contributed by atoms with E-state index in [0.29, 0.717) is 18.1 Å². The lowest BCUT2D eigenvalue weighted by Gasteiger charge is -2.51. The van der Waals surface area contributed by atoms with Gasteiger partial charge in [0.25, 0.3) is 0 Å². The molecule has 5 rings (SSSR count). The highest BCUT2D eigenvalue weighted by Crippen LogP contribution is 2.48. The Labute approximate surface area is 175 Å². The number of hydrogen-bond acceptors (Lipinski definition) is 4. The van der Waals surface area contributed by atoms with E-state index in [1.165, 1.54) is 24.8 Å². The van der Waals surface area contributed by atoms with Gasteiger partial charge in [-0.2, -0.15) is 0 Å². The number of nitrogens with zero attached hydrogens (tertiary/aromatic N) is 4. The number of fused-ring (bicyclic) bond motifs is 2. The second-order valence-electron chi connectivity index (χ2n) is 8.21. The molecular weight excluding hydrogens is 384 g/mol. The van der Waals surface area contributed by atoms with E-state index in [0.717, 1.165) is 29.8 Å². The molecule has 2 aliphatic rings. The van der Waals surface area contributed by atoms with E-state index < -0.39 is 6.10 Å². The van der Waals surface area contributed by atoms with Gasteiger partial charge in [-0.25, -0.2) is 4.68 Å². The van der Waals surface area contributed by atoms with E-state index in [9.17, 15) is 5.11 Å². The number of rotatable bonds is 3. The van der Waals surface area contributed by atoms with E-state index in [1.807, 2.05) is 36.5 Å². The molecule has 1 fully saturated rings. The van der Waals surface area contributed by atoms with Crippen molar-refractivity contribution in [3.05, 3.63) is 76.6 Å². The van der Waals surface area contributed by atoms with E-state index >= 15 is 0 Å². The van der Waals surface area contributed by atoms with Gasteiger partial charge in [0.2, 0.25) is 0 Å². The molecule has 29 heavy (non-hydrogen) atoms. The summed E-state index contributed by atoms with van der Waals surface area (Å²) >= 11 is 6.12. The van der Waals surface area contributed by atoms with Gasteiger partial charge in [-0.15, -0.1) is 5.10 Å². The summed E-state index contributed by atoms with van der Waals surface area (Å²) in [6.07, 6.45) is 7.46. The minimum atomic E-state index is -0.471. The Hall–Kier alpha value is -2.21. The smallest absolute Gasteiger partial charge is 0.0972 e. The van der Waals surface area contributed by atoms with Gasteiger partial charge >= 0.3 is 0 Å². The van der Waals surface area contributed by atoms with Gasteiger partial charge in [-0.1, -0.05) is 66.4 Å². The van der Waals surface area contributed by atoms with Gasteiger partial charge in [-0.05, 0) is 42.2 Å². The van der Waals surface area contributed by atoms with Crippen molar-refractivity contribution in [2.24, 2.45) is 0 Å². The van der Waals surface area contributed by atoms with Crippen molar-refractivity contribution in [3.8, 4) is 5.69 Å². The molecule has 0 radical (unpaired) electrons. The van der Waals surface area contributed by atoms with Crippen molar-refractivity contribution in [2.45, 2.75) is 50.3 Å². The molecule has 0 amide bonds. The maximum absolute atomic E-state index is 10.8. The van der Waals surface area contributed by atoms with Crippen molar-refractivity contribution in [2.75, 3.05) is 6.54 Å². The van der Waals surface area contributed by atoms with Crippen LogP contribution in [0, 0.1) is 0 Å². The van der Waals surface area contributed by atoms with Crippen LogP contribution in [-0.2, 0) is 12.1 Å². The summed E-state index contributed by atoms with van der Waals surface area (Å²) in [5, 5.41) is 20.2. The molecule has 0 saturated heterocycles. The van der Waals surface area contributed by atoms with Crippen molar-refractivity contribution in [1.29, 1.82) is 0 Å². The van der Waals surface area contributed by atoms with Crippen molar-refractivity contribution < 1.29 is 5.11 Å². The summed E-state index contributed by atoms with van der Waals surface area (Å²) in [5.41, 5.74) is 4.16. The first-order valence-electron chi connectivity index (χ1n) is 10.4. The minimum absolute atomic E-state index is 0.0199. The number of aromatic nitrogens is 3. The fraction of sp³-hybridized carbons (Fsp3) is 0.391. The summed E-state index contributed by atoms with van der Waals surface area (Å²) < 4.78 is 1.77. The third-order valence-corrected chi connectivity index (χ3v) is 6.70. The van der Waals surface area contributed by atoms with Crippen LogP contribution in [0.1, 0.15) is 55.0 Å². The first kappa shape index (κ1) is 18.8. The van der Waals surface area contributed by atoms with Crippen molar-refractivity contribution >= 4 is 11.6 Å². The SMILES string of the molecule is OC1CN(Cc2cn(-c3cccc(Cl)c3)nn2)C2(CCCCC2)c2ccccc21. The molecule has 150 valence electrons. The standard InChI is InChI=1S/C23H25ClN4O/c24-17-7-6-8-19(13-17)28-15-18(25-26-28)14-27-16-22(29)20-9-2-3-10-21(20)23(27)11-4-1-5-12-23/h2-3,6-10,13,15,22,29H,1,4-5,11-12,14,16H2. The molecule has 5 nitrogen and oxygen atoms in total. The zero-order valence-corrected chi connectivity index (χ0v) is 17.1. The fourth-order valence-corrected chi connectivity index (χ4v) is 5.30. The van der Waals surface area contributed by atoms with Crippen molar-refractivity contribution in [1.82, 2.24) is 19.9 Å². The Balaban J connectivity index is 1.47. The highest BCUT2D eigenvalue weighted by Gasteiger charge is 2.45. The van der Waals surface area contributed by atoms with Gasteiger partial charge in [0.15, 0.2) is 0 Å². The minimum Gasteiger partial charge on any atom is -0.387 e. The van der Waals surface area contributed by atoms with Gasteiger partial charge < -0.3 is 5.11 Å². The molecule has 6 heteroatoms. The molecule has 3 aromatic rings. The Morgan fingerprint density at radius 1 is 1.07 bits per heavy atom. The van der Waals surface area contributed by atoms with E-state index in [-0.39, 0.29) is 5.54 Å². The molecule has 0 bridgehead atoms. The normalized spacial score (nSPS) is 21.2. The highest BCUT2D eigenvalue weighted by molar-refractivity contribution is 6.30.